The Morgan fingerprint density at radius 1 is 1.40 bits per heavy atom. The first-order valence-corrected chi connectivity index (χ1v) is 6.50. The minimum absolute atomic E-state index is 0. The average Bonchev–Trinajstić information content (AvgIpc) is 2.42. The lowest BCUT2D eigenvalue weighted by atomic mass is 9.94. The number of carbonyl (C=O) groups excluding carboxylic acids is 1. The fourth-order valence-corrected chi connectivity index (χ4v) is 2.31. The van der Waals surface area contributed by atoms with Crippen molar-refractivity contribution in [1.29, 1.82) is 0 Å². The first kappa shape index (κ1) is 19.0. The topological polar surface area (TPSA) is 41.1 Å². The van der Waals surface area contributed by atoms with Crippen molar-refractivity contribution in [2.75, 3.05) is 13.1 Å². The zero-order valence-electron chi connectivity index (χ0n) is 11.4. The maximum atomic E-state index is 11.6. The zero-order chi connectivity index (χ0) is 12.8. The van der Waals surface area contributed by atoms with Gasteiger partial charge in [0, 0.05) is 19.0 Å². The molecule has 1 amide bonds. The van der Waals surface area contributed by atoms with Crippen molar-refractivity contribution in [3.8, 4) is 0 Å². The molecule has 5 heteroatoms. The maximum Gasteiger partial charge on any atom is 0.220 e. The SMILES string of the molecule is C=CCCC(=O)NCC1NCCc2ccccc21.Cl.Cl. The summed E-state index contributed by atoms with van der Waals surface area (Å²) in [6.45, 7) is 5.26. The lowest BCUT2D eigenvalue weighted by molar-refractivity contribution is -0.121. The number of nitrogens with one attached hydrogen (secondary N) is 2. The van der Waals surface area contributed by atoms with E-state index >= 15 is 0 Å². The Bertz CT molecular complexity index is 438. The first-order chi connectivity index (χ1) is 8.81. The summed E-state index contributed by atoms with van der Waals surface area (Å²) in [6.07, 6.45) is 4.10. The van der Waals surface area contributed by atoms with Crippen LogP contribution in [0.2, 0.25) is 0 Å². The van der Waals surface area contributed by atoms with E-state index in [4.69, 9.17) is 0 Å². The molecule has 2 rings (SSSR count). The minimum atomic E-state index is 0. The van der Waals surface area contributed by atoms with Crippen molar-refractivity contribution in [1.82, 2.24) is 10.6 Å². The van der Waals surface area contributed by atoms with Crippen molar-refractivity contribution in [2.45, 2.75) is 25.3 Å². The maximum absolute atomic E-state index is 11.6. The van der Waals surface area contributed by atoms with Gasteiger partial charge in [-0.1, -0.05) is 30.3 Å². The van der Waals surface area contributed by atoms with Crippen LogP contribution in [0.15, 0.2) is 36.9 Å². The molecule has 0 aliphatic carbocycles. The summed E-state index contributed by atoms with van der Waals surface area (Å²) in [7, 11) is 0. The molecule has 0 spiro atoms. The van der Waals surface area contributed by atoms with Crippen LogP contribution in [0.5, 0.6) is 0 Å². The second-order valence-electron chi connectivity index (χ2n) is 4.59. The monoisotopic (exact) mass is 316 g/mol. The van der Waals surface area contributed by atoms with Gasteiger partial charge >= 0.3 is 0 Å². The molecule has 1 aliphatic rings. The Balaban J connectivity index is 0.00000180. The third kappa shape index (κ3) is 5.16. The third-order valence-corrected chi connectivity index (χ3v) is 3.29. The highest BCUT2D eigenvalue weighted by molar-refractivity contribution is 5.85. The molecule has 0 fully saturated rings. The van der Waals surface area contributed by atoms with E-state index in [9.17, 15) is 4.79 Å². The van der Waals surface area contributed by atoms with Gasteiger partial charge in [0.1, 0.15) is 0 Å². The number of hydrogen-bond acceptors (Lipinski definition) is 2. The van der Waals surface area contributed by atoms with Gasteiger partial charge in [-0.2, -0.15) is 0 Å². The van der Waals surface area contributed by atoms with Crippen LogP contribution in [0.4, 0.5) is 0 Å². The molecule has 3 nitrogen and oxygen atoms in total. The van der Waals surface area contributed by atoms with Crippen LogP contribution >= 0.6 is 24.8 Å². The Morgan fingerprint density at radius 3 is 2.90 bits per heavy atom. The van der Waals surface area contributed by atoms with Crippen molar-refractivity contribution in [2.24, 2.45) is 0 Å². The van der Waals surface area contributed by atoms with Crippen LogP contribution in [0.3, 0.4) is 0 Å². The summed E-state index contributed by atoms with van der Waals surface area (Å²) in [4.78, 5) is 11.6. The molecule has 0 aromatic heterocycles. The number of hydrogen-bond donors (Lipinski definition) is 2. The van der Waals surface area contributed by atoms with Crippen LogP contribution in [0, 0.1) is 0 Å². The van der Waals surface area contributed by atoms with Gasteiger partial charge in [-0.15, -0.1) is 31.4 Å². The Labute approximate surface area is 133 Å². The number of halogens is 2. The smallest absolute Gasteiger partial charge is 0.220 e. The number of fused-ring (bicyclic) bond motifs is 1. The molecule has 0 saturated heterocycles. The lowest BCUT2D eigenvalue weighted by Gasteiger charge is -2.27. The van der Waals surface area contributed by atoms with Gasteiger partial charge in [-0.25, -0.2) is 0 Å². The minimum Gasteiger partial charge on any atom is -0.354 e. The van der Waals surface area contributed by atoms with Gasteiger partial charge in [0.25, 0.3) is 0 Å². The molecule has 0 bridgehead atoms. The van der Waals surface area contributed by atoms with Crippen LogP contribution in [-0.4, -0.2) is 19.0 Å². The van der Waals surface area contributed by atoms with Gasteiger partial charge in [-0.05, 0) is 30.5 Å². The quantitative estimate of drug-likeness (QED) is 0.820. The standard InChI is InChI=1S/C15H20N2O.2ClH/c1-2-3-8-15(18)17-11-14-13-7-5-4-6-12(13)9-10-16-14;;/h2,4-7,14,16H,1,3,8-11H2,(H,17,18);2*1H. The summed E-state index contributed by atoms with van der Waals surface area (Å²) in [5.74, 6) is 0.0970. The van der Waals surface area contributed by atoms with Gasteiger partial charge in [0.05, 0.1) is 0 Å². The summed E-state index contributed by atoms with van der Waals surface area (Å²) in [5, 5.41) is 6.43. The molecule has 1 heterocycles. The third-order valence-electron chi connectivity index (χ3n) is 3.29. The second kappa shape index (κ2) is 9.81. The van der Waals surface area contributed by atoms with Gasteiger partial charge in [0.15, 0.2) is 0 Å². The van der Waals surface area contributed by atoms with Gasteiger partial charge in [0.2, 0.25) is 5.91 Å². The molecule has 1 aromatic carbocycles. The molecule has 1 aliphatic heterocycles. The molecule has 20 heavy (non-hydrogen) atoms. The highest BCUT2D eigenvalue weighted by atomic mass is 35.5. The number of benzene rings is 1. The first-order valence-electron chi connectivity index (χ1n) is 6.50. The van der Waals surface area contributed by atoms with Crippen molar-refractivity contribution in [3.63, 3.8) is 0 Å². The Kier molecular flexibility index (Phi) is 9.30. The average molecular weight is 317 g/mol. The molecule has 1 atom stereocenters. The molecule has 0 saturated carbocycles. The van der Waals surface area contributed by atoms with Crippen molar-refractivity contribution in [3.05, 3.63) is 48.0 Å². The summed E-state index contributed by atoms with van der Waals surface area (Å²) < 4.78 is 0. The fraction of sp³-hybridized carbons (Fsp3) is 0.400. The van der Waals surface area contributed by atoms with Crippen LogP contribution in [0.1, 0.15) is 30.0 Å². The molecular weight excluding hydrogens is 295 g/mol. The van der Waals surface area contributed by atoms with Crippen molar-refractivity contribution < 1.29 is 4.79 Å². The largest absolute Gasteiger partial charge is 0.354 e. The number of carbonyl (C=O) groups is 1. The van der Waals surface area contributed by atoms with E-state index in [0.717, 1.165) is 19.4 Å². The summed E-state index contributed by atoms with van der Waals surface area (Å²) in [6, 6.07) is 8.68. The highest BCUT2D eigenvalue weighted by Crippen LogP contribution is 2.21. The summed E-state index contributed by atoms with van der Waals surface area (Å²) in [5.41, 5.74) is 2.70. The molecular formula is C15H22Cl2N2O. The van der Waals surface area contributed by atoms with Gasteiger partial charge in [-0.3, -0.25) is 4.79 Å². The molecule has 1 aromatic rings. The number of allylic oxidation sites excluding steroid dienone is 1. The lowest BCUT2D eigenvalue weighted by Crippen LogP contribution is -2.38. The molecule has 112 valence electrons. The van der Waals surface area contributed by atoms with E-state index in [1.54, 1.807) is 6.08 Å². The molecule has 2 N–H and O–H groups in total. The molecule has 0 radical (unpaired) electrons. The number of rotatable bonds is 5. The van der Waals surface area contributed by atoms with E-state index < -0.39 is 0 Å². The fourth-order valence-electron chi connectivity index (χ4n) is 2.31. The Morgan fingerprint density at radius 2 is 2.15 bits per heavy atom. The normalized spacial score (nSPS) is 16.1. The summed E-state index contributed by atoms with van der Waals surface area (Å²) >= 11 is 0. The molecule has 1 unspecified atom stereocenters. The van der Waals surface area contributed by atoms with Gasteiger partial charge < -0.3 is 10.6 Å². The zero-order valence-corrected chi connectivity index (χ0v) is 13.1. The van der Waals surface area contributed by atoms with Crippen LogP contribution in [0.25, 0.3) is 0 Å². The second-order valence-corrected chi connectivity index (χ2v) is 4.59. The highest BCUT2D eigenvalue weighted by Gasteiger charge is 2.19. The Hall–Kier alpha value is -1.03. The predicted molar refractivity (Wildman–Crippen MR) is 87.8 cm³/mol. The predicted octanol–water partition coefficient (Wildman–Crippen LogP) is 2.80. The van der Waals surface area contributed by atoms with Crippen LogP contribution < -0.4 is 10.6 Å². The van der Waals surface area contributed by atoms with E-state index in [2.05, 4.69) is 41.5 Å². The van der Waals surface area contributed by atoms with E-state index in [1.165, 1.54) is 11.1 Å². The van der Waals surface area contributed by atoms with E-state index in [0.29, 0.717) is 13.0 Å². The van der Waals surface area contributed by atoms with Crippen LogP contribution in [-0.2, 0) is 11.2 Å². The number of amides is 1. The van der Waals surface area contributed by atoms with E-state index in [-0.39, 0.29) is 36.8 Å². The van der Waals surface area contributed by atoms with E-state index in [1.807, 2.05) is 0 Å². The van der Waals surface area contributed by atoms with Crippen molar-refractivity contribution >= 4 is 30.7 Å².